The quantitative estimate of drug-likeness (QED) is 0.568. The van der Waals surface area contributed by atoms with Gasteiger partial charge in [-0.25, -0.2) is 0 Å². The van der Waals surface area contributed by atoms with Crippen LogP contribution in [0.5, 0.6) is 0 Å². The Balaban J connectivity index is 2.29. The Kier molecular flexibility index (Phi) is 2.95. The molecule has 1 aromatic rings. The number of nitrogens with zero attached hydrogens (tertiary/aromatic N) is 1. The molecule has 15 heavy (non-hydrogen) atoms. The average Bonchev–Trinajstić information content (AvgIpc) is 2.68. The zero-order valence-electron chi connectivity index (χ0n) is 8.31. The molecule has 1 fully saturated rings. The summed E-state index contributed by atoms with van der Waals surface area (Å²) in [7, 11) is 1.71. The summed E-state index contributed by atoms with van der Waals surface area (Å²) in [6.07, 6.45) is 1.90. The van der Waals surface area contributed by atoms with Gasteiger partial charge in [0.1, 0.15) is 4.32 Å². The first-order valence-corrected chi connectivity index (χ1v) is 6.40. The SMILES string of the molecule is Cc1ccc(/C=C2/SC(=S)N(C)C2=O)s1. The molecule has 1 aliphatic rings. The molecule has 1 aromatic heterocycles. The Hall–Kier alpha value is -0.650. The Morgan fingerprint density at radius 3 is 2.67 bits per heavy atom. The van der Waals surface area contributed by atoms with Crippen molar-refractivity contribution in [1.82, 2.24) is 4.90 Å². The number of amides is 1. The highest BCUT2D eigenvalue weighted by Crippen LogP contribution is 2.32. The highest BCUT2D eigenvalue weighted by molar-refractivity contribution is 8.26. The van der Waals surface area contributed by atoms with Gasteiger partial charge in [-0.05, 0) is 25.1 Å². The van der Waals surface area contributed by atoms with Gasteiger partial charge in [0.05, 0.1) is 4.91 Å². The molecule has 0 unspecified atom stereocenters. The van der Waals surface area contributed by atoms with Crippen molar-refractivity contribution in [3.63, 3.8) is 0 Å². The second-order valence-corrected chi connectivity index (χ2v) is 6.18. The molecule has 0 radical (unpaired) electrons. The van der Waals surface area contributed by atoms with Gasteiger partial charge >= 0.3 is 0 Å². The van der Waals surface area contributed by atoms with Crippen molar-refractivity contribution in [2.45, 2.75) is 6.92 Å². The van der Waals surface area contributed by atoms with Gasteiger partial charge in [-0.3, -0.25) is 9.69 Å². The van der Waals surface area contributed by atoms with E-state index in [4.69, 9.17) is 12.2 Å². The van der Waals surface area contributed by atoms with Crippen molar-refractivity contribution in [3.05, 3.63) is 26.8 Å². The van der Waals surface area contributed by atoms with Crippen LogP contribution in [-0.2, 0) is 4.79 Å². The van der Waals surface area contributed by atoms with Gasteiger partial charge in [-0.15, -0.1) is 11.3 Å². The van der Waals surface area contributed by atoms with Gasteiger partial charge in [0, 0.05) is 16.8 Å². The van der Waals surface area contributed by atoms with Crippen LogP contribution in [0.2, 0.25) is 0 Å². The third-order valence-electron chi connectivity index (χ3n) is 2.02. The molecular formula is C10H9NOS3. The minimum atomic E-state index is -0.00365. The molecule has 78 valence electrons. The van der Waals surface area contributed by atoms with Crippen LogP contribution in [0.3, 0.4) is 0 Å². The van der Waals surface area contributed by atoms with E-state index in [1.807, 2.05) is 25.1 Å². The first-order valence-electron chi connectivity index (χ1n) is 4.36. The Labute approximate surface area is 102 Å². The first-order chi connectivity index (χ1) is 7.08. The van der Waals surface area contributed by atoms with Gasteiger partial charge in [-0.2, -0.15) is 0 Å². The van der Waals surface area contributed by atoms with Crippen LogP contribution in [0.25, 0.3) is 6.08 Å². The van der Waals surface area contributed by atoms with E-state index in [-0.39, 0.29) is 5.91 Å². The smallest absolute Gasteiger partial charge is 0.265 e. The van der Waals surface area contributed by atoms with Crippen molar-refractivity contribution in [1.29, 1.82) is 0 Å². The standard InChI is InChI=1S/C10H9NOS3/c1-6-3-4-7(14-6)5-8-9(12)11(2)10(13)15-8/h3-5H,1-2H3/b8-5+. The summed E-state index contributed by atoms with van der Waals surface area (Å²) >= 11 is 8.08. The van der Waals surface area contributed by atoms with Gasteiger partial charge < -0.3 is 0 Å². The van der Waals surface area contributed by atoms with E-state index >= 15 is 0 Å². The zero-order chi connectivity index (χ0) is 11.0. The second kappa shape index (κ2) is 4.08. The maximum absolute atomic E-state index is 11.7. The minimum absolute atomic E-state index is 0.00365. The number of rotatable bonds is 1. The van der Waals surface area contributed by atoms with E-state index in [2.05, 4.69) is 0 Å². The number of likely N-dealkylation sites (N-methyl/N-ethyl adjacent to an activating group) is 1. The molecule has 1 amide bonds. The molecule has 0 bridgehead atoms. The van der Waals surface area contributed by atoms with Crippen LogP contribution in [0.1, 0.15) is 9.75 Å². The van der Waals surface area contributed by atoms with E-state index < -0.39 is 0 Å². The lowest BCUT2D eigenvalue weighted by Gasteiger charge is -2.03. The van der Waals surface area contributed by atoms with Crippen LogP contribution >= 0.6 is 35.3 Å². The average molecular weight is 255 g/mol. The Morgan fingerprint density at radius 2 is 2.20 bits per heavy atom. The van der Waals surface area contributed by atoms with Gasteiger partial charge in [-0.1, -0.05) is 24.0 Å². The van der Waals surface area contributed by atoms with Crippen molar-refractivity contribution >= 4 is 51.6 Å². The number of hydrogen-bond donors (Lipinski definition) is 0. The second-order valence-electron chi connectivity index (χ2n) is 3.19. The summed E-state index contributed by atoms with van der Waals surface area (Å²) in [6, 6.07) is 4.06. The van der Waals surface area contributed by atoms with Crippen molar-refractivity contribution in [3.8, 4) is 0 Å². The number of thiocarbonyl (C=S) groups is 1. The van der Waals surface area contributed by atoms with Gasteiger partial charge in [0.15, 0.2) is 0 Å². The fourth-order valence-electron chi connectivity index (χ4n) is 1.21. The summed E-state index contributed by atoms with van der Waals surface area (Å²) < 4.78 is 0.625. The minimum Gasteiger partial charge on any atom is -0.296 e. The summed E-state index contributed by atoms with van der Waals surface area (Å²) in [5, 5.41) is 0. The number of thioether (sulfide) groups is 1. The molecule has 0 aromatic carbocycles. The lowest BCUT2D eigenvalue weighted by molar-refractivity contribution is -0.121. The Bertz CT molecular complexity index is 461. The summed E-state index contributed by atoms with van der Waals surface area (Å²) in [4.78, 5) is 16.2. The van der Waals surface area contributed by atoms with E-state index in [1.54, 1.807) is 18.4 Å². The number of hydrogen-bond acceptors (Lipinski definition) is 4. The maximum atomic E-state index is 11.7. The zero-order valence-corrected chi connectivity index (χ0v) is 10.8. The monoisotopic (exact) mass is 255 g/mol. The fourth-order valence-corrected chi connectivity index (χ4v) is 3.27. The van der Waals surface area contributed by atoms with Crippen LogP contribution < -0.4 is 0 Å². The molecule has 0 spiro atoms. The summed E-state index contributed by atoms with van der Waals surface area (Å²) in [5.41, 5.74) is 0. The summed E-state index contributed by atoms with van der Waals surface area (Å²) in [5.74, 6) is -0.00365. The van der Waals surface area contributed by atoms with E-state index in [0.717, 1.165) is 4.88 Å². The predicted octanol–water partition coefficient (Wildman–Crippen LogP) is 2.89. The molecule has 5 heteroatoms. The molecule has 2 heterocycles. The van der Waals surface area contributed by atoms with Crippen LogP contribution in [0.15, 0.2) is 17.0 Å². The maximum Gasteiger partial charge on any atom is 0.265 e. The number of thiophene rings is 1. The van der Waals surface area contributed by atoms with Crippen LogP contribution in [-0.4, -0.2) is 22.2 Å². The molecule has 1 aliphatic heterocycles. The van der Waals surface area contributed by atoms with E-state index in [1.165, 1.54) is 21.5 Å². The Morgan fingerprint density at radius 1 is 1.47 bits per heavy atom. The molecule has 0 aliphatic carbocycles. The molecule has 0 N–H and O–H groups in total. The lowest BCUT2D eigenvalue weighted by atomic mass is 10.4. The van der Waals surface area contributed by atoms with E-state index in [9.17, 15) is 4.79 Å². The van der Waals surface area contributed by atoms with Crippen molar-refractivity contribution in [2.24, 2.45) is 0 Å². The highest BCUT2D eigenvalue weighted by atomic mass is 32.2. The van der Waals surface area contributed by atoms with Crippen molar-refractivity contribution in [2.75, 3.05) is 7.05 Å². The lowest BCUT2D eigenvalue weighted by Crippen LogP contribution is -2.22. The normalized spacial score (nSPS) is 19.3. The molecule has 1 saturated heterocycles. The number of carbonyl (C=O) groups is 1. The largest absolute Gasteiger partial charge is 0.296 e. The fraction of sp³-hybridized carbons (Fsp3) is 0.200. The van der Waals surface area contributed by atoms with Crippen LogP contribution in [0, 0.1) is 6.92 Å². The third-order valence-corrected chi connectivity index (χ3v) is 4.45. The predicted molar refractivity (Wildman–Crippen MR) is 70.0 cm³/mol. The third kappa shape index (κ3) is 2.14. The number of aryl methyl sites for hydroxylation is 1. The molecule has 2 rings (SSSR count). The van der Waals surface area contributed by atoms with Crippen LogP contribution in [0.4, 0.5) is 0 Å². The van der Waals surface area contributed by atoms with Gasteiger partial charge in [0.25, 0.3) is 5.91 Å². The molecule has 2 nitrogen and oxygen atoms in total. The molecule has 0 saturated carbocycles. The summed E-state index contributed by atoms with van der Waals surface area (Å²) in [6.45, 7) is 2.05. The molecular weight excluding hydrogens is 246 g/mol. The molecule has 0 atom stereocenters. The topological polar surface area (TPSA) is 20.3 Å². The van der Waals surface area contributed by atoms with Gasteiger partial charge in [0.2, 0.25) is 0 Å². The number of carbonyl (C=O) groups excluding carboxylic acids is 1. The van der Waals surface area contributed by atoms with Crippen molar-refractivity contribution < 1.29 is 4.79 Å². The first kappa shape index (κ1) is 10.9. The van der Waals surface area contributed by atoms with E-state index in [0.29, 0.717) is 9.23 Å². The highest BCUT2D eigenvalue weighted by Gasteiger charge is 2.28.